The molecule has 0 aliphatic carbocycles. The Morgan fingerprint density at radius 2 is 0.963 bits per heavy atom. The minimum atomic E-state index is -0.400. The van der Waals surface area contributed by atoms with Crippen molar-refractivity contribution in [3.63, 3.8) is 0 Å². The SMILES string of the molecule is Cc1cc(C#N)ccc1-c1cccc2c3cccc(-c4ccc(C#N)cc4C)c3n(-c3cccc4c3C(=O)N(c3ccccc3-c3ccccc3)C4=O)c12. The third-order valence-corrected chi connectivity index (χ3v) is 10.5. The van der Waals surface area contributed by atoms with E-state index in [1.54, 1.807) is 6.07 Å². The van der Waals surface area contributed by atoms with Crippen LogP contribution in [0.3, 0.4) is 0 Å². The number of amides is 2. The van der Waals surface area contributed by atoms with E-state index in [0.717, 1.165) is 66.3 Å². The molecule has 7 aromatic carbocycles. The molecule has 6 nitrogen and oxygen atoms in total. The summed E-state index contributed by atoms with van der Waals surface area (Å²) in [5.74, 6) is -0.782. The molecule has 0 bridgehead atoms. The average Bonchev–Trinajstić information content (AvgIpc) is 3.69. The minimum absolute atomic E-state index is 0.321. The number of para-hydroxylation sites is 3. The number of anilines is 1. The zero-order valence-corrected chi connectivity index (χ0v) is 29.5. The second kappa shape index (κ2) is 12.6. The van der Waals surface area contributed by atoms with E-state index in [1.165, 1.54) is 4.90 Å². The van der Waals surface area contributed by atoms with Crippen molar-refractivity contribution in [2.24, 2.45) is 0 Å². The van der Waals surface area contributed by atoms with E-state index < -0.39 is 5.91 Å². The second-order valence-corrected chi connectivity index (χ2v) is 13.6. The Labute approximate surface area is 312 Å². The molecule has 1 aliphatic heterocycles. The van der Waals surface area contributed by atoms with Gasteiger partial charge in [0.05, 0.1) is 56.8 Å². The molecule has 8 aromatic rings. The fraction of sp³-hybridized carbons (Fsp3) is 0.0417. The lowest BCUT2D eigenvalue weighted by Crippen LogP contribution is -2.30. The Bertz CT molecular complexity index is 2860. The maximum absolute atomic E-state index is 15.0. The number of fused-ring (bicyclic) bond motifs is 4. The largest absolute Gasteiger partial charge is 0.307 e. The lowest BCUT2D eigenvalue weighted by atomic mass is 9.95. The van der Waals surface area contributed by atoms with Crippen molar-refractivity contribution >= 4 is 39.3 Å². The zero-order chi connectivity index (χ0) is 37.1. The van der Waals surface area contributed by atoms with Gasteiger partial charge in [-0.3, -0.25) is 9.59 Å². The van der Waals surface area contributed by atoms with Crippen molar-refractivity contribution in [3.05, 3.63) is 179 Å². The normalized spacial score (nSPS) is 12.3. The van der Waals surface area contributed by atoms with Gasteiger partial charge in [-0.05, 0) is 84.1 Å². The first-order valence-electron chi connectivity index (χ1n) is 17.6. The van der Waals surface area contributed by atoms with E-state index in [-0.39, 0.29) is 5.91 Å². The van der Waals surface area contributed by atoms with Crippen LogP contribution >= 0.6 is 0 Å². The van der Waals surface area contributed by atoms with Crippen molar-refractivity contribution in [2.45, 2.75) is 13.8 Å². The molecule has 0 atom stereocenters. The average molecular weight is 695 g/mol. The van der Waals surface area contributed by atoms with Gasteiger partial charge in [-0.15, -0.1) is 0 Å². The molecule has 2 amide bonds. The molecule has 9 rings (SSSR count). The van der Waals surface area contributed by atoms with Gasteiger partial charge < -0.3 is 4.57 Å². The highest BCUT2D eigenvalue weighted by Crippen LogP contribution is 2.45. The van der Waals surface area contributed by atoms with Crippen LogP contribution in [0.25, 0.3) is 60.9 Å². The van der Waals surface area contributed by atoms with Gasteiger partial charge in [0.25, 0.3) is 11.8 Å². The smallest absolute Gasteiger partial charge is 0.268 e. The summed E-state index contributed by atoms with van der Waals surface area (Å²) in [4.78, 5) is 30.7. The summed E-state index contributed by atoms with van der Waals surface area (Å²) in [7, 11) is 0. The number of hydrogen-bond acceptors (Lipinski definition) is 4. The Morgan fingerprint density at radius 1 is 0.463 bits per heavy atom. The number of nitrogens with zero attached hydrogens (tertiary/aromatic N) is 4. The molecule has 54 heavy (non-hydrogen) atoms. The van der Waals surface area contributed by atoms with Crippen LogP contribution in [0.1, 0.15) is 43.0 Å². The Morgan fingerprint density at radius 3 is 1.54 bits per heavy atom. The number of aromatic nitrogens is 1. The Kier molecular flexibility index (Phi) is 7.55. The van der Waals surface area contributed by atoms with Gasteiger partial charge in [-0.2, -0.15) is 10.5 Å². The Hall–Kier alpha value is -7.54. The molecule has 254 valence electrons. The number of imide groups is 1. The predicted octanol–water partition coefficient (Wildman–Crippen LogP) is 10.9. The van der Waals surface area contributed by atoms with Crippen LogP contribution in [0.15, 0.2) is 146 Å². The van der Waals surface area contributed by atoms with Crippen LogP contribution in [0, 0.1) is 36.5 Å². The van der Waals surface area contributed by atoms with Gasteiger partial charge in [0.15, 0.2) is 0 Å². The number of carbonyl (C=O) groups is 2. The topological polar surface area (TPSA) is 89.9 Å². The van der Waals surface area contributed by atoms with E-state index >= 15 is 0 Å². The fourth-order valence-electron chi connectivity index (χ4n) is 8.06. The quantitative estimate of drug-likeness (QED) is 0.168. The molecule has 1 aromatic heterocycles. The van der Waals surface area contributed by atoms with Crippen LogP contribution in [-0.4, -0.2) is 16.4 Å². The third kappa shape index (κ3) is 4.86. The number of carbonyl (C=O) groups excluding carboxylic acids is 2. The molecule has 0 saturated heterocycles. The first-order valence-corrected chi connectivity index (χ1v) is 17.6. The van der Waals surface area contributed by atoms with Crippen LogP contribution in [0.4, 0.5) is 5.69 Å². The summed E-state index contributed by atoms with van der Waals surface area (Å²) in [6.45, 7) is 4.00. The van der Waals surface area contributed by atoms with E-state index in [9.17, 15) is 20.1 Å². The number of hydrogen-bond donors (Lipinski definition) is 0. The number of benzene rings is 7. The minimum Gasteiger partial charge on any atom is -0.307 e. The molecule has 2 heterocycles. The highest BCUT2D eigenvalue weighted by molar-refractivity contribution is 6.36. The summed E-state index contributed by atoms with van der Waals surface area (Å²) >= 11 is 0. The first kappa shape index (κ1) is 32.4. The monoisotopic (exact) mass is 694 g/mol. The van der Waals surface area contributed by atoms with Crippen LogP contribution in [0.2, 0.25) is 0 Å². The maximum atomic E-state index is 15.0. The molecule has 0 fully saturated rings. The molecular weight excluding hydrogens is 665 g/mol. The highest BCUT2D eigenvalue weighted by Gasteiger charge is 2.40. The van der Waals surface area contributed by atoms with Crippen molar-refractivity contribution in [1.82, 2.24) is 4.57 Å². The molecule has 0 unspecified atom stereocenters. The third-order valence-electron chi connectivity index (χ3n) is 10.5. The molecule has 0 radical (unpaired) electrons. The van der Waals surface area contributed by atoms with Crippen LogP contribution in [-0.2, 0) is 0 Å². The van der Waals surface area contributed by atoms with Crippen molar-refractivity contribution in [2.75, 3.05) is 4.90 Å². The highest BCUT2D eigenvalue weighted by atomic mass is 16.2. The maximum Gasteiger partial charge on any atom is 0.268 e. The number of rotatable bonds is 5. The zero-order valence-electron chi connectivity index (χ0n) is 29.5. The summed E-state index contributed by atoms with van der Waals surface area (Å²) in [6.07, 6.45) is 0. The van der Waals surface area contributed by atoms with Crippen molar-refractivity contribution < 1.29 is 9.59 Å². The van der Waals surface area contributed by atoms with Gasteiger partial charge in [-0.1, -0.05) is 103 Å². The summed E-state index contributed by atoms with van der Waals surface area (Å²) in [5.41, 5.74) is 12.0. The van der Waals surface area contributed by atoms with E-state index in [4.69, 9.17) is 0 Å². The number of aryl methyl sites for hydroxylation is 2. The van der Waals surface area contributed by atoms with Gasteiger partial charge >= 0.3 is 0 Å². The van der Waals surface area contributed by atoms with E-state index in [2.05, 4.69) is 41.0 Å². The molecule has 0 saturated carbocycles. The van der Waals surface area contributed by atoms with Crippen molar-refractivity contribution in [1.29, 1.82) is 10.5 Å². The van der Waals surface area contributed by atoms with E-state index in [0.29, 0.717) is 33.6 Å². The molecule has 0 N–H and O–H groups in total. The van der Waals surface area contributed by atoms with Gasteiger partial charge in [0, 0.05) is 27.5 Å². The Balaban J connectivity index is 1.37. The van der Waals surface area contributed by atoms with E-state index in [1.807, 2.05) is 129 Å². The predicted molar refractivity (Wildman–Crippen MR) is 214 cm³/mol. The second-order valence-electron chi connectivity index (χ2n) is 13.6. The summed E-state index contributed by atoms with van der Waals surface area (Å²) in [5, 5.41) is 21.3. The number of nitriles is 2. The fourth-order valence-corrected chi connectivity index (χ4v) is 8.06. The van der Waals surface area contributed by atoms with Gasteiger partial charge in [0.2, 0.25) is 0 Å². The molecular formula is C48H30N4O2. The molecule has 0 spiro atoms. The summed E-state index contributed by atoms with van der Waals surface area (Å²) < 4.78 is 2.14. The summed E-state index contributed by atoms with van der Waals surface area (Å²) in [6, 6.07) is 51.0. The van der Waals surface area contributed by atoms with Crippen molar-refractivity contribution in [3.8, 4) is 51.2 Å². The standard InChI is InChI=1S/C48H30N4O2/c1-29-25-31(27-49)21-23-34(29)37-14-8-16-39-40-17-9-15-38(35-24-22-32(28-50)26-30(35)2)46(40)51(45(37)39)43-20-10-18-41-44(43)48(54)52(47(41)53)42-19-7-6-13-36(42)33-11-4-3-5-12-33/h3-26H,1-2H3. The lowest BCUT2D eigenvalue weighted by Gasteiger charge is -2.19. The van der Waals surface area contributed by atoms with Crippen LogP contribution in [0.5, 0.6) is 0 Å². The lowest BCUT2D eigenvalue weighted by molar-refractivity contribution is 0.0926. The van der Waals surface area contributed by atoms with Crippen LogP contribution < -0.4 is 4.90 Å². The van der Waals surface area contributed by atoms with Gasteiger partial charge in [-0.25, -0.2) is 4.90 Å². The first-order chi connectivity index (χ1) is 26.4. The molecule has 1 aliphatic rings. The molecule has 6 heteroatoms. The van der Waals surface area contributed by atoms with Gasteiger partial charge in [0.1, 0.15) is 0 Å².